The van der Waals surface area contributed by atoms with Gasteiger partial charge in [-0.1, -0.05) is 48.5 Å². The van der Waals surface area contributed by atoms with Crippen molar-refractivity contribution in [2.45, 2.75) is 0 Å². The molecular formula is C26H25N3O2. The fourth-order valence-electron chi connectivity index (χ4n) is 4.36. The maximum absolute atomic E-state index is 13.5. The first kappa shape index (κ1) is 19.4. The lowest BCUT2D eigenvalue weighted by Gasteiger charge is -2.35. The van der Waals surface area contributed by atoms with Crippen LogP contribution in [0.2, 0.25) is 0 Å². The zero-order valence-electron chi connectivity index (χ0n) is 17.3. The molecule has 0 amide bonds. The van der Waals surface area contributed by atoms with Gasteiger partial charge in [-0.2, -0.15) is 0 Å². The quantitative estimate of drug-likeness (QED) is 0.473. The summed E-state index contributed by atoms with van der Waals surface area (Å²) in [6.45, 7) is 3.78. The molecule has 0 bridgehead atoms. The molecule has 0 spiro atoms. The Hall–Kier alpha value is -3.57. The second-order valence-electron chi connectivity index (χ2n) is 7.99. The lowest BCUT2D eigenvalue weighted by molar-refractivity contribution is 0.0928. The van der Waals surface area contributed by atoms with Crippen LogP contribution in [0.1, 0.15) is 10.4 Å². The second-order valence-corrected chi connectivity index (χ2v) is 7.99. The number of carbonyl (C=O) groups excluding carboxylic acids is 1. The van der Waals surface area contributed by atoms with Crippen LogP contribution < -0.4 is 4.90 Å². The summed E-state index contributed by atoms with van der Waals surface area (Å²) in [6.07, 6.45) is 0. The molecule has 1 saturated heterocycles. The van der Waals surface area contributed by atoms with E-state index in [4.69, 9.17) is 0 Å². The number of H-pyrrole nitrogens is 1. The van der Waals surface area contributed by atoms with Crippen LogP contribution in [0.3, 0.4) is 0 Å². The molecule has 1 aromatic heterocycles. The fraction of sp³-hybridized carbons (Fsp3) is 0.192. The van der Waals surface area contributed by atoms with Crippen LogP contribution in [0.4, 0.5) is 5.69 Å². The first-order valence-corrected chi connectivity index (χ1v) is 10.6. The number of aromatic hydroxyl groups is 1. The molecule has 31 heavy (non-hydrogen) atoms. The van der Waals surface area contributed by atoms with Crippen LogP contribution in [-0.2, 0) is 0 Å². The van der Waals surface area contributed by atoms with E-state index in [1.54, 1.807) is 12.1 Å². The topological polar surface area (TPSA) is 59.6 Å². The van der Waals surface area contributed by atoms with E-state index in [1.807, 2.05) is 66.7 Å². The largest absolute Gasteiger partial charge is 0.508 e. The summed E-state index contributed by atoms with van der Waals surface area (Å²) < 4.78 is 0. The Labute approximate surface area is 181 Å². The maximum atomic E-state index is 13.5. The molecule has 5 rings (SSSR count). The Morgan fingerprint density at radius 1 is 0.839 bits per heavy atom. The van der Waals surface area contributed by atoms with Gasteiger partial charge in [0, 0.05) is 42.8 Å². The molecule has 1 aliphatic rings. The Morgan fingerprint density at radius 2 is 1.52 bits per heavy atom. The number of para-hydroxylation sites is 1. The van der Waals surface area contributed by atoms with Gasteiger partial charge >= 0.3 is 0 Å². The number of piperazine rings is 1. The summed E-state index contributed by atoms with van der Waals surface area (Å²) in [5, 5.41) is 10.5. The Kier molecular flexibility index (Phi) is 5.18. The number of Topliss-reactive ketones (excluding diaryl/α,β-unsaturated/α-hetero) is 1. The summed E-state index contributed by atoms with van der Waals surface area (Å²) in [7, 11) is 0. The van der Waals surface area contributed by atoms with Gasteiger partial charge in [-0.05, 0) is 35.9 Å². The summed E-state index contributed by atoms with van der Waals surface area (Å²) >= 11 is 0. The Morgan fingerprint density at radius 3 is 2.26 bits per heavy atom. The number of ketones is 1. The number of anilines is 1. The van der Waals surface area contributed by atoms with Crippen molar-refractivity contribution in [3.05, 3.63) is 84.4 Å². The standard InChI is InChI=1S/C26H25N3O2/c30-21-12-10-20(11-13-21)29-16-14-28(15-17-29)18-24(31)25-22-8-4-5-9-23(22)27-26(25)19-6-2-1-3-7-19/h1-13,27,30H,14-18H2. The predicted octanol–water partition coefficient (Wildman–Crippen LogP) is 4.55. The van der Waals surface area contributed by atoms with Crippen molar-refractivity contribution < 1.29 is 9.90 Å². The summed E-state index contributed by atoms with van der Waals surface area (Å²) in [4.78, 5) is 21.5. The van der Waals surface area contributed by atoms with Crippen LogP contribution in [0, 0.1) is 0 Å². The zero-order chi connectivity index (χ0) is 21.2. The third kappa shape index (κ3) is 3.92. The monoisotopic (exact) mass is 411 g/mol. The average Bonchev–Trinajstić information content (AvgIpc) is 3.21. The average molecular weight is 412 g/mol. The molecule has 0 saturated carbocycles. The smallest absolute Gasteiger partial charge is 0.179 e. The molecule has 1 fully saturated rings. The molecule has 156 valence electrons. The molecule has 1 aliphatic heterocycles. The predicted molar refractivity (Wildman–Crippen MR) is 125 cm³/mol. The van der Waals surface area contributed by atoms with Crippen LogP contribution in [-0.4, -0.2) is 53.5 Å². The highest BCUT2D eigenvalue weighted by Gasteiger charge is 2.24. The first-order valence-electron chi connectivity index (χ1n) is 10.6. The van der Waals surface area contributed by atoms with E-state index >= 15 is 0 Å². The summed E-state index contributed by atoms with van der Waals surface area (Å²) in [5.41, 5.74) is 4.80. The van der Waals surface area contributed by atoms with Crippen LogP contribution >= 0.6 is 0 Å². The SMILES string of the molecule is O=C(CN1CCN(c2ccc(O)cc2)CC1)c1c(-c2ccccc2)[nH]c2ccccc12. The number of aromatic nitrogens is 1. The highest BCUT2D eigenvalue weighted by Crippen LogP contribution is 2.31. The maximum Gasteiger partial charge on any atom is 0.179 e. The van der Waals surface area contributed by atoms with E-state index < -0.39 is 0 Å². The molecule has 2 heterocycles. The fourth-order valence-corrected chi connectivity index (χ4v) is 4.36. The summed E-state index contributed by atoms with van der Waals surface area (Å²) in [6, 6.07) is 25.4. The van der Waals surface area contributed by atoms with Gasteiger partial charge in [-0.3, -0.25) is 9.69 Å². The van der Waals surface area contributed by atoms with Crippen molar-refractivity contribution in [2.24, 2.45) is 0 Å². The number of nitrogens with one attached hydrogen (secondary N) is 1. The van der Waals surface area contributed by atoms with E-state index in [9.17, 15) is 9.90 Å². The first-order chi connectivity index (χ1) is 15.2. The van der Waals surface area contributed by atoms with Gasteiger partial charge in [0.25, 0.3) is 0 Å². The number of benzene rings is 3. The third-order valence-electron chi connectivity index (χ3n) is 6.00. The van der Waals surface area contributed by atoms with E-state index in [1.165, 1.54) is 0 Å². The normalized spacial score (nSPS) is 14.8. The molecule has 0 atom stereocenters. The van der Waals surface area contributed by atoms with Gasteiger partial charge in [0.05, 0.1) is 17.8 Å². The van der Waals surface area contributed by atoms with Crippen molar-refractivity contribution in [3.63, 3.8) is 0 Å². The number of phenols is 1. The minimum Gasteiger partial charge on any atom is -0.508 e. The zero-order valence-corrected chi connectivity index (χ0v) is 17.3. The lowest BCUT2D eigenvalue weighted by Crippen LogP contribution is -2.48. The number of rotatable bonds is 5. The van der Waals surface area contributed by atoms with Crippen LogP contribution in [0.5, 0.6) is 5.75 Å². The molecular weight excluding hydrogens is 386 g/mol. The molecule has 4 aromatic rings. The van der Waals surface area contributed by atoms with Gasteiger partial charge in [0.2, 0.25) is 0 Å². The molecule has 3 aromatic carbocycles. The van der Waals surface area contributed by atoms with Gasteiger partial charge in [0.1, 0.15) is 5.75 Å². The number of hydrogen-bond acceptors (Lipinski definition) is 4. The molecule has 0 radical (unpaired) electrons. The van der Waals surface area contributed by atoms with Crippen molar-refractivity contribution >= 4 is 22.4 Å². The minimum absolute atomic E-state index is 0.148. The van der Waals surface area contributed by atoms with Crippen molar-refractivity contribution in [1.82, 2.24) is 9.88 Å². The van der Waals surface area contributed by atoms with Crippen LogP contribution in [0.15, 0.2) is 78.9 Å². The molecule has 2 N–H and O–H groups in total. The van der Waals surface area contributed by atoms with E-state index in [0.717, 1.165) is 59.6 Å². The van der Waals surface area contributed by atoms with E-state index in [0.29, 0.717) is 6.54 Å². The number of nitrogens with zero attached hydrogens (tertiary/aromatic N) is 2. The minimum atomic E-state index is 0.148. The molecule has 0 unspecified atom stereocenters. The summed E-state index contributed by atoms with van der Waals surface area (Å²) in [5.74, 6) is 0.426. The Balaban J connectivity index is 1.35. The Bertz CT molecular complexity index is 1190. The van der Waals surface area contributed by atoms with Gasteiger partial charge < -0.3 is 15.0 Å². The molecule has 5 nitrogen and oxygen atoms in total. The molecule has 0 aliphatic carbocycles. The highest BCUT2D eigenvalue weighted by atomic mass is 16.3. The van der Waals surface area contributed by atoms with Crippen molar-refractivity contribution in [2.75, 3.05) is 37.6 Å². The van der Waals surface area contributed by atoms with Gasteiger partial charge in [0.15, 0.2) is 5.78 Å². The second kappa shape index (κ2) is 8.28. The van der Waals surface area contributed by atoms with E-state index in [2.05, 4.69) is 14.8 Å². The van der Waals surface area contributed by atoms with Crippen molar-refractivity contribution in [3.8, 4) is 17.0 Å². The number of carbonyl (C=O) groups is 1. The number of phenolic OH excluding ortho intramolecular Hbond substituents is 1. The lowest BCUT2D eigenvalue weighted by atomic mass is 10.0. The highest BCUT2D eigenvalue weighted by molar-refractivity contribution is 6.14. The number of aromatic amines is 1. The van der Waals surface area contributed by atoms with E-state index in [-0.39, 0.29) is 11.5 Å². The number of fused-ring (bicyclic) bond motifs is 1. The van der Waals surface area contributed by atoms with Crippen LogP contribution in [0.25, 0.3) is 22.2 Å². The van der Waals surface area contributed by atoms with Gasteiger partial charge in [-0.25, -0.2) is 0 Å². The number of hydrogen-bond donors (Lipinski definition) is 2. The van der Waals surface area contributed by atoms with Gasteiger partial charge in [-0.15, -0.1) is 0 Å². The third-order valence-corrected chi connectivity index (χ3v) is 6.00. The molecule has 5 heteroatoms. The van der Waals surface area contributed by atoms with Crippen molar-refractivity contribution in [1.29, 1.82) is 0 Å².